The van der Waals surface area contributed by atoms with Gasteiger partial charge >= 0.3 is 0 Å². The van der Waals surface area contributed by atoms with Crippen LogP contribution in [0.15, 0.2) is 17.5 Å². The Morgan fingerprint density at radius 3 is 2.72 bits per heavy atom. The van der Waals surface area contributed by atoms with E-state index in [-0.39, 0.29) is 0 Å². The molecule has 0 radical (unpaired) electrons. The molecule has 1 aromatic rings. The van der Waals surface area contributed by atoms with Gasteiger partial charge in [0.2, 0.25) is 0 Å². The van der Waals surface area contributed by atoms with Crippen molar-refractivity contribution < 1.29 is 4.74 Å². The largest absolute Gasteiger partial charge is 0.380 e. The highest BCUT2D eigenvalue weighted by Crippen LogP contribution is 2.30. The van der Waals surface area contributed by atoms with Crippen molar-refractivity contribution in [2.45, 2.75) is 50.7 Å². The molecule has 1 aliphatic carbocycles. The number of nitrogens with one attached hydrogen (secondary N) is 1. The van der Waals surface area contributed by atoms with Gasteiger partial charge in [-0.2, -0.15) is 0 Å². The summed E-state index contributed by atoms with van der Waals surface area (Å²) in [5.41, 5.74) is 0. The SMILES string of the molecule is CNC(Cc1cccs1)C(OC)C1CCCCC1. The second kappa shape index (κ2) is 7.27. The first kappa shape index (κ1) is 14.0. The van der Waals surface area contributed by atoms with Crippen molar-refractivity contribution in [2.75, 3.05) is 14.2 Å². The number of rotatable bonds is 6. The molecule has 2 unspecified atom stereocenters. The quantitative estimate of drug-likeness (QED) is 0.852. The van der Waals surface area contributed by atoms with Crippen LogP contribution in [0.3, 0.4) is 0 Å². The highest BCUT2D eigenvalue weighted by molar-refractivity contribution is 7.09. The van der Waals surface area contributed by atoms with E-state index in [1.54, 1.807) is 0 Å². The molecule has 2 rings (SSSR count). The summed E-state index contributed by atoms with van der Waals surface area (Å²) in [4.78, 5) is 1.45. The number of likely N-dealkylation sites (N-methyl/N-ethyl adjacent to an activating group) is 1. The van der Waals surface area contributed by atoms with E-state index in [1.807, 2.05) is 18.4 Å². The monoisotopic (exact) mass is 267 g/mol. The zero-order valence-electron chi connectivity index (χ0n) is 11.5. The maximum absolute atomic E-state index is 5.83. The predicted octanol–water partition coefficient (Wildman–Crippen LogP) is 3.47. The van der Waals surface area contributed by atoms with Crippen LogP contribution in [0.25, 0.3) is 0 Å². The van der Waals surface area contributed by atoms with E-state index in [0.717, 1.165) is 12.3 Å². The molecule has 2 nitrogen and oxygen atoms in total. The smallest absolute Gasteiger partial charge is 0.0755 e. The third-order valence-corrected chi connectivity index (χ3v) is 5.05. The van der Waals surface area contributed by atoms with E-state index in [9.17, 15) is 0 Å². The zero-order valence-corrected chi connectivity index (χ0v) is 12.3. The number of hydrogen-bond donors (Lipinski definition) is 1. The molecule has 0 bridgehead atoms. The maximum Gasteiger partial charge on any atom is 0.0755 e. The van der Waals surface area contributed by atoms with Crippen LogP contribution in [-0.4, -0.2) is 26.3 Å². The molecule has 0 amide bonds. The van der Waals surface area contributed by atoms with Crippen molar-refractivity contribution in [2.24, 2.45) is 5.92 Å². The van der Waals surface area contributed by atoms with E-state index in [1.165, 1.54) is 37.0 Å². The summed E-state index contributed by atoms with van der Waals surface area (Å²) in [6.07, 6.45) is 8.27. The van der Waals surface area contributed by atoms with Crippen LogP contribution >= 0.6 is 11.3 Å². The molecule has 102 valence electrons. The Hall–Kier alpha value is -0.380. The Balaban J connectivity index is 1.98. The van der Waals surface area contributed by atoms with Crippen LogP contribution in [-0.2, 0) is 11.2 Å². The fraction of sp³-hybridized carbons (Fsp3) is 0.733. The second-order valence-electron chi connectivity index (χ2n) is 5.28. The molecule has 1 aromatic heterocycles. The average Bonchev–Trinajstić information content (AvgIpc) is 2.92. The van der Waals surface area contributed by atoms with Crippen LogP contribution in [0, 0.1) is 5.92 Å². The highest BCUT2D eigenvalue weighted by Gasteiger charge is 2.29. The number of methoxy groups -OCH3 is 1. The fourth-order valence-corrected chi connectivity index (χ4v) is 3.94. The van der Waals surface area contributed by atoms with Gasteiger partial charge in [-0.1, -0.05) is 25.3 Å². The third-order valence-electron chi connectivity index (χ3n) is 4.16. The lowest BCUT2D eigenvalue weighted by Gasteiger charge is -2.34. The Labute approximate surface area is 115 Å². The van der Waals surface area contributed by atoms with Crippen LogP contribution in [0.2, 0.25) is 0 Å². The first-order valence-corrected chi connectivity index (χ1v) is 7.95. The van der Waals surface area contributed by atoms with Crippen molar-refractivity contribution >= 4 is 11.3 Å². The molecular weight excluding hydrogens is 242 g/mol. The van der Waals surface area contributed by atoms with Gasteiger partial charge in [-0.25, -0.2) is 0 Å². The van der Waals surface area contributed by atoms with Crippen LogP contribution in [0.1, 0.15) is 37.0 Å². The standard InChI is InChI=1S/C15H25NOS/c1-16-14(11-13-9-6-10-18-13)15(17-2)12-7-4-3-5-8-12/h6,9-10,12,14-16H,3-5,7-8,11H2,1-2H3. The van der Waals surface area contributed by atoms with Crippen molar-refractivity contribution in [1.29, 1.82) is 0 Å². The molecule has 18 heavy (non-hydrogen) atoms. The summed E-state index contributed by atoms with van der Waals surface area (Å²) in [5.74, 6) is 0.737. The number of thiophene rings is 1. The predicted molar refractivity (Wildman–Crippen MR) is 78.2 cm³/mol. The lowest BCUT2D eigenvalue weighted by atomic mass is 9.81. The van der Waals surface area contributed by atoms with E-state index < -0.39 is 0 Å². The summed E-state index contributed by atoms with van der Waals surface area (Å²) in [5, 5.41) is 5.63. The van der Waals surface area contributed by atoms with Gasteiger partial charge in [0.1, 0.15) is 0 Å². The van der Waals surface area contributed by atoms with Crippen molar-refractivity contribution in [3.63, 3.8) is 0 Å². The molecule has 1 heterocycles. The summed E-state index contributed by atoms with van der Waals surface area (Å²) in [7, 11) is 3.94. The van der Waals surface area contributed by atoms with E-state index in [4.69, 9.17) is 4.74 Å². The molecule has 2 atom stereocenters. The van der Waals surface area contributed by atoms with Crippen molar-refractivity contribution in [1.82, 2.24) is 5.32 Å². The molecule has 1 N–H and O–H groups in total. The Kier molecular flexibility index (Phi) is 5.67. The topological polar surface area (TPSA) is 21.3 Å². The van der Waals surface area contributed by atoms with E-state index in [0.29, 0.717) is 12.1 Å². The zero-order chi connectivity index (χ0) is 12.8. The van der Waals surface area contributed by atoms with Gasteiger partial charge in [0.05, 0.1) is 6.10 Å². The summed E-state index contributed by atoms with van der Waals surface area (Å²) in [6, 6.07) is 4.80. The molecule has 1 fully saturated rings. The number of ether oxygens (including phenoxy) is 1. The molecule has 0 spiro atoms. The van der Waals surface area contributed by atoms with Crippen molar-refractivity contribution in [3.8, 4) is 0 Å². The summed E-state index contributed by atoms with van der Waals surface area (Å²) in [6.45, 7) is 0. The summed E-state index contributed by atoms with van der Waals surface area (Å²) >= 11 is 1.85. The first-order chi connectivity index (χ1) is 8.85. The average molecular weight is 267 g/mol. The Morgan fingerprint density at radius 1 is 1.39 bits per heavy atom. The molecule has 1 saturated carbocycles. The van der Waals surface area contributed by atoms with Crippen molar-refractivity contribution in [3.05, 3.63) is 22.4 Å². The highest BCUT2D eigenvalue weighted by atomic mass is 32.1. The van der Waals surface area contributed by atoms with E-state index >= 15 is 0 Å². The minimum atomic E-state index is 0.359. The fourth-order valence-electron chi connectivity index (χ4n) is 3.18. The first-order valence-electron chi connectivity index (χ1n) is 7.07. The molecule has 3 heteroatoms. The molecular formula is C15H25NOS. The maximum atomic E-state index is 5.83. The normalized spacial score (nSPS) is 20.8. The minimum Gasteiger partial charge on any atom is -0.380 e. The van der Waals surface area contributed by atoms with Crippen LogP contribution < -0.4 is 5.32 Å². The Morgan fingerprint density at radius 2 is 2.17 bits per heavy atom. The van der Waals surface area contributed by atoms with Crippen LogP contribution in [0.4, 0.5) is 0 Å². The van der Waals surface area contributed by atoms with Gasteiger partial charge < -0.3 is 10.1 Å². The molecule has 0 aliphatic heterocycles. The molecule has 0 aromatic carbocycles. The Bertz CT molecular complexity index is 319. The third kappa shape index (κ3) is 3.56. The van der Waals surface area contributed by atoms with Gasteiger partial charge in [-0.3, -0.25) is 0 Å². The lowest BCUT2D eigenvalue weighted by Crippen LogP contribution is -2.45. The summed E-state index contributed by atoms with van der Waals surface area (Å²) < 4.78 is 5.83. The van der Waals surface area contributed by atoms with Gasteiger partial charge in [0.15, 0.2) is 0 Å². The molecule has 1 aliphatic rings. The van der Waals surface area contributed by atoms with Gasteiger partial charge in [-0.15, -0.1) is 11.3 Å². The van der Waals surface area contributed by atoms with Gasteiger partial charge in [-0.05, 0) is 43.7 Å². The van der Waals surface area contributed by atoms with Gasteiger partial charge in [0.25, 0.3) is 0 Å². The molecule has 0 saturated heterocycles. The number of hydrogen-bond acceptors (Lipinski definition) is 3. The lowest BCUT2D eigenvalue weighted by molar-refractivity contribution is 0.0103. The van der Waals surface area contributed by atoms with Crippen LogP contribution in [0.5, 0.6) is 0 Å². The van der Waals surface area contributed by atoms with E-state index in [2.05, 4.69) is 29.9 Å². The second-order valence-corrected chi connectivity index (χ2v) is 6.31. The minimum absolute atomic E-state index is 0.359. The van der Waals surface area contributed by atoms with Gasteiger partial charge in [0, 0.05) is 18.0 Å².